The van der Waals surface area contributed by atoms with Crippen molar-refractivity contribution in [1.82, 2.24) is 4.98 Å². The van der Waals surface area contributed by atoms with Crippen LogP contribution in [-0.4, -0.2) is 17.5 Å². The molecule has 0 aliphatic carbocycles. The predicted molar refractivity (Wildman–Crippen MR) is 121 cm³/mol. The van der Waals surface area contributed by atoms with E-state index in [9.17, 15) is 10.1 Å². The zero-order chi connectivity index (χ0) is 21.3. The van der Waals surface area contributed by atoms with E-state index in [1.165, 1.54) is 17.4 Å². The number of thiazole rings is 1. The summed E-state index contributed by atoms with van der Waals surface area (Å²) in [7, 11) is 0. The maximum Gasteiger partial charge on any atom is 0.268 e. The minimum absolute atomic E-state index is 0.0828. The van der Waals surface area contributed by atoms with Gasteiger partial charge in [-0.05, 0) is 29.8 Å². The number of carbonyl (C=O) groups excluding carboxylic acids is 1. The van der Waals surface area contributed by atoms with Crippen LogP contribution in [0.5, 0.6) is 5.75 Å². The second-order valence-electron chi connectivity index (χ2n) is 6.20. The normalized spacial score (nSPS) is 10.9. The summed E-state index contributed by atoms with van der Waals surface area (Å²) in [6.07, 6.45) is 5.50. The number of halogens is 1. The van der Waals surface area contributed by atoms with Crippen LogP contribution in [0, 0.1) is 11.3 Å². The second-order valence-corrected chi connectivity index (χ2v) is 7.75. The number of rotatable bonds is 8. The molecule has 3 rings (SSSR count). The average molecular weight is 436 g/mol. The molecule has 7 heteroatoms. The van der Waals surface area contributed by atoms with Gasteiger partial charge in [0.05, 0.1) is 0 Å². The molecule has 0 spiro atoms. The van der Waals surface area contributed by atoms with Crippen molar-refractivity contribution >= 4 is 40.1 Å². The first-order chi connectivity index (χ1) is 14.6. The van der Waals surface area contributed by atoms with Gasteiger partial charge in [0.15, 0.2) is 5.13 Å². The van der Waals surface area contributed by atoms with E-state index in [2.05, 4.69) is 16.9 Å². The van der Waals surface area contributed by atoms with Crippen LogP contribution in [0.1, 0.15) is 16.0 Å². The van der Waals surface area contributed by atoms with Gasteiger partial charge in [0.1, 0.15) is 24.0 Å². The SMILES string of the molecule is C=CCOc1ccc(Cl)cc1/C=C(\C#N)C(=O)Nc1ncc(Cc2ccccc2)s1. The number of nitrogens with one attached hydrogen (secondary N) is 1. The largest absolute Gasteiger partial charge is 0.489 e. The second kappa shape index (κ2) is 10.4. The molecular formula is C23H18ClN3O2S. The molecule has 1 aromatic heterocycles. The third-order valence-electron chi connectivity index (χ3n) is 3.99. The van der Waals surface area contributed by atoms with E-state index >= 15 is 0 Å². The number of nitrogens with zero attached hydrogens (tertiary/aromatic N) is 2. The van der Waals surface area contributed by atoms with Crippen molar-refractivity contribution in [2.75, 3.05) is 11.9 Å². The van der Waals surface area contributed by atoms with Gasteiger partial charge in [-0.25, -0.2) is 4.98 Å². The molecule has 0 aliphatic heterocycles. The van der Waals surface area contributed by atoms with Crippen LogP contribution >= 0.6 is 22.9 Å². The predicted octanol–water partition coefficient (Wildman–Crippen LogP) is 5.50. The Hall–Kier alpha value is -3.40. The minimum atomic E-state index is -0.548. The van der Waals surface area contributed by atoms with E-state index in [1.807, 2.05) is 36.4 Å². The van der Waals surface area contributed by atoms with Gasteiger partial charge in [-0.1, -0.05) is 54.6 Å². The van der Waals surface area contributed by atoms with Gasteiger partial charge in [0.2, 0.25) is 0 Å². The number of anilines is 1. The molecule has 2 aromatic carbocycles. The molecule has 0 unspecified atom stereocenters. The molecule has 5 nitrogen and oxygen atoms in total. The molecule has 0 saturated heterocycles. The highest BCUT2D eigenvalue weighted by molar-refractivity contribution is 7.15. The number of ether oxygens (including phenoxy) is 1. The van der Waals surface area contributed by atoms with Crippen molar-refractivity contribution in [1.29, 1.82) is 5.26 Å². The monoisotopic (exact) mass is 435 g/mol. The van der Waals surface area contributed by atoms with E-state index < -0.39 is 5.91 Å². The molecule has 0 aliphatic rings. The third-order valence-corrected chi connectivity index (χ3v) is 5.14. The fourth-order valence-electron chi connectivity index (χ4n) is 2.62. The number of aromatic nitrogens is 1. The smallest absolute Gasteiger partial charge is 0.268 e. The van der Waals surface area contributed by atoms with Gasteiger partial charge in [-0.15, -0.1) is 11.3 Å². The number of hydrogen-bond donors (Lipinski definition) is 1. The van der Waals surface area contributed by atoms with Crippen LogP contribution in [0.15, 0.2) is 73.0 Å². The summed E-state index contributed by atoms with van der Waals surface area (Å²) in [5.74, 6) is -0.0491. The van der Waals surface area contributed by atoms with Gasteiger partial charge in [-0.2, -0.15) is 5.26 Å². The van der Waals surface area contributed by atoms with Crippen LogP contribution in [-0.2, 0) is 11.2 Å². The van der Waals surface area contributed by atoms with E-state index in [4.69, 9.17) is 16.3 Å². The number of amides is 1. The summed E-state index contributed by atoms with van der Waals surface area (Å²) in [6.45, 7) is 3.91. The van der Waals surface area contributed by atoms with Crippen molar-refractivity contribution in [3.8, 4) is 11.8 Å². The Bertz CT molecular complexity index is 1120. The van der Waals surface area contributed by atoms with E-state index in [0.29, 0.717) is 28.1 Å². The Balaban J connectivity index is 1.75. The molecule has 0 bridgehead atoms. The lowest BCUT2D eigenvalue weighted by molar-refractivity contribution is -0.112. The quantitative estimate of drug-likeness (QED) is 0.288. The van der Waals surface area contributed by atoms with Crippen LogP contribution in [0.4, 0.5) is 5.13 Å². The Morgan fingerprint density at radius 2 is 2.10 bits per heavy atom. The standard InChI is InChI=1S/C23H18ClN3O2S/c1-2-10-29-21-9-8-19(24)13-17(21)12-18(14-25)22(28)27-23-26-15-20(30-23)11-16-6-4-3-5-7-16/h2-9,12-13,15H,1,10-11H2,(H,26,27,28)/b18-12+. The summed E-state index contributed by atoms with van der Waals surface area (Å²) in [5, 5.41) is 13.1. The third kappa shape index (κ3) is 5.80. The molecule has 1 N–H and O–H groups in total. The van der Waals surface area contributed by atoms with Crippen LogP contribution in [0.25, 0.3) is 6.08 Å². The summed E-state index contributed by atoms with van der Waals surface area (Å²) in [6, 6.07) is 16.9. The molecule has 30 heavy (non-hydrogen) atoms. The van der Waals surface area contributed by atoms with Gasteiger partial charge < -0.3 is 4.74 Å². The number of benzene rings is 2. The van der Waals surface area contributed by atoms with Gasteiger partial charge in [-0.3, -0.25) is 10.1 Å². The summed E-state index contributed by atoms with van der Waals surface area (Å²) >= 11 is 7.43. The fraction of sp³-hybridized carbons (Fsp3) is 0.0870. The van der Waals surface area contributed by atoms with Crippen molar-refractivity contribution in [3.63, 3.8) is 0 Å². The van der Waals surface area contributed by atoms with Crippen LogP contribution in [0.2, 0.25) is 5.02 Å². The van der Waals surface area contributed by atoms with E-state index in [0.717, 1.165) is 16.9 Å². The lowest BCUT2D eigenvalue weighted by atomic mass is 10.1. The Labute approximate surface area is 183 Å². The van der Waals surface area contributed by atoms with Crippen molar-refractivity contribution < 1.29 is 9.53 Å². The summed E-state index contributed by atoms with van der Waals surface area (Å²) in [4.78, 5) is 17.9. The zero-order valence-electron chi connectivity index (χ0n) is 16.0. The molecule has 0 saturated carbocycles. The maximum atomic E-state index is 12.6. The van der Waals surface area contributed by atoms with Gasteiger partial charge in [0, 0.05) is 28.1 Å². The van der Waals surface area contributed by atoms with Gasteiger partial charge in [0.25, 0.3) is 5.91 Å². The maximum absolute atomic E-state index is 12.6. The Kier molecular flexibility index (Phi) is 7.39. The molecule has 150 valence electrons. The Morgan fingerprint density at radius 1 is 1.30 bits per heavy atom. The van der Waals surface area contributed by atoms with Crippen molar-refractivity contribution in [2.24, 2.45) is 0 Å². The molecule has 0 radical (unpaired) electrons. The Morgan fingerprint density at radius 3 is 2.83 bits per heavy atom. The first-order valence-electron chi connectivity index (χ1n) is 9.04. The fourth-order valence-corrected chi connectivity index (χ4v) is 3.65. The first-order valence-corrected chi connectivity index (χ1v) is 10.2. The highest BCUT2D eigenvalue weighted by Crippen LogP contribution is 2.26. The minimum Gasteiger partial charge on any atom is -0.489 e. The molecule has 3 aromatic rings. The number of nitriles is 1. The molecule has 0 atom stereocenters. The highest BCUT2D eigenvalue weighted by atomic mass is 35.5. The van der Waals surface area contributed by atoms with Crippen molar-refractivity contribution in [3.05, 3.63) is 94.0 Å². The van der Waals surface area contributed by atoms with E-state index in [1.54, 1.807) is 30.5 Å². The molecule has 0 fully saturated rings. The van der Waals surface area contributed by atoms with Crippen LogP contribution in [0.3, 0.4) is 0 Å². The molecular weight excluding hydrogens is 418 g/mol. The lowest BCUT2D eigenvalue weighted by Gasteiger charge is -2.08. The highest BCUT2D eigenvalue weighted by Gasteiger charge is 2.14. The first kappa shape index (κ1) is 21.3. The van der Waals surface area contributed by atoms with Crippen molar-refractivity contribution in [2.45, 2.75) is 6.42 Å². The number of carbonyl (C=O) groups is 1. The zero-order valence-corrected chi connectivity index (χ0v) is 17.5. The topological polar surface area (TPSA) is 75.0 Å². The lowest BCUT2D eigenvalue weighted by Crippen LogP contribution is -2.13. The van der Waals surface area contributed by atoms with E-state index in [-0.39, 0.29) is 5.57 Å². The number of hydrogen-bond acceptors (Lipinski definition) is 5. The summed E-state index contributed by atoms with van der Waals surface area (Å²) in [5.41, 5.74) is 1.60. The van der Waals surface area contributed by atoms with Gasteiger partial charge >= 0.3 is 0 Å². The summed E-state index contributed by atoms with van der Waals surface area (Å²) < 4.78 is 5.57. The van der Waals surface area contributed by atoms with Crippen LogP contribution < -0.4 is 10.1 Å². The molecule has 1 amide bonds. The molecule has 1 heterocycles. The average Bonchev–Trinajstić information content (AvgIpc) is 3.18.